The van der Waals surface area contributed by atoms with Crippen LogP contribution in [0.25, 0.3) is 0 Å². The lowest BCUT2D eigenvalue weighted by molar-refractivity contribution is 0.173. The molecule has 0 spiro atoms. The second kappa shape index (κ2) is 7.49. The van der Waals surface area contributed by atoms with E-state index >= 15 is 0 Å². The highest BCUT2D eigenvalue weighted by Crippen LogP contribution is 2.31. The predicted octanol–water partition coefficient (Wildman–Crippen LogP) is 3.32. The maximum atomic E-state index is 3.90. The minimum Gasteiger partial charge on any atom is -0.315 e. The van der Waals surface area contributed by atoms with E-state index in [9.17, 15) is 0 Å². The maximum absolute atomic E-state index is 3.90. The van der Waals surface area contributed by atoms with Crippen molar-refractivity contribution in [1.29, 1.82) is 0 Å². The van der Waals surface area contributed by atoms with Gasteiger partial charge in [0.15, 0.2) is 0 Å². The Kier molecular flexibility index (Phi) is 5.97. The van der Waals surface area contributed by atoms with Crippen molar-refractivity contribution in [3.63, 3.8) is 0 Å². The molecule has 2 heteroatoms. The Bertz CT molecular complexity index is 225. The normalized spacial score (nSPS) is 32.5. The van der Waals surface area contributed by atoms with E-state index in [1.54, 1.807) is 0 Å². The SMILES string of the molecule is CCC(CC)CNCC1CCC2CCCCC2N1. The predicted molar refractivity (Wildman–Crippen MR) is 78.8 cm³/mol. The van der Waals surface area contributed by atoms with Crippen molar-refractivity contribution >= 4 is 0 Å². The second-order valence-electron chi connectivity index (χ2n) is 6.43. The van der Waals surface area contributed by atoms with Crippen molar-refractivity contribution in [3.8, 4) is 0 Å². The average Bonchev–Trinajstić information content (AvgIpc) is 2.43. The average molecular weight is 252 g/mol. The Morgan fingerprint density at radius 3 is 2.61 bits per heavy atom. The van der Waals surface area contributed by atoms with Crippen molar-refractivity contribution in [2.75, 3.05) is 13.1 Å². The van der Waals surface area contributed by atoms with E-state index in [-0.39, 0.29) is 0 Å². The highest BCUT2D eigenvalue weighted by Gasteiger charge is 2.31. The Balaban J connectivity index is 1.65. The van der Waals surface area contributed by atoms with Crippen LogP contribution in [0, 0.1) is 11.8 Å². The van der Waals surface area contributed by atoms with E-state index < -0.39 is 0 Å². The van der Waals surface area contributed by atoms with Gasteiger partial charge < -0.3 is 10.6 Å². The van der Waals surface area contributed by atoms with Crippen LogP contribution in [0.15, 0.2) is 0 Å². The highest BCUT2D eigenvalue weighted by molar-refractivity contribution is 4.90. The summed E-state index contributed by atoms with van der Waals surface area (Å²) in [7, 11) is 0. The lowest BCUT2D eigenvalue weighted by Gasteiger charge is -2.40. The zero-order valence-electron chi connectivity index (χ0n) is 12.4. The van der Waals surface area contributed by atoms with Crippen LogP contribution in [-0.4, -0.2) is 25.2 Å². The third-order valence-corrected chi connectivity index (χ3v) is 5.22. The molecule has 18 heavy (non-hydrogen) atoms. The third kappa shape index (κ3) is 3.96. The topological polar surface area (TPSA) is 24.1 Å². The number of hydrogen-bond acceptors (Lipinski definition) is 2. The molecule has 1 aliphatic heterocycles. The van der Waals surface area contributed by atoms with E-state index in [4.69, 9.17) is 0 Å². The van der Waals surface area contributed by atoms with Crippen LogP contribution in [0.2, 0.25) is 0 Å². The highest BCUT2D eigenvalue weighted by atomic mass is 15.0. The summed E-state index contributed by atoms with van der Waals surface area (Å²) in [6.45, 7) is 7.00. The number of hydrogen-bond donors (Lipinski definition) is 2. The number of fused-ring (bicyclic) bond motifs is 1. The minimum atomic E-state index is 0.735. The molecule has 0 aromatic rings. The van der Waals surface area contributed by atoms with E-state index in [1.165, 1.54) is 64.5 Å². The molecular weight excluding hydrogens is 220 g/mol. The van der Waals surface area contributed by atoms with Crippen molar-refractivity contribution < 1.29 is 0 Å². The summed E-state index contributed by atoms with van der Waals surface area (Å²) in [5.74, 6) is 1.87. The Hall–Kier alpha value is -0.0800. The molecule has 0 amide bonds. The van der Waals surface area contributed by atoms with Gasteiger partial charge in [-0.05, 0) is 44.1 Å². The van der Waals surface area contributed by atoms with Gasteiger partial charge in [-0.3, -0.25) is 0 Å². The zero-order valence-corrected chi connectivity index (χ0v) is 12.4. The molecule has 1 saturated carbocycles. The van der Waals surface area contributed by atoms with Gasteiger partial charge in [-0.25, -0.2) is 0 Å². The molecule has 2 fully saturated rings. The molecule has 1 heterocycles. The molecule has 106 valence electrons. The van der Waals surface area contributed by atoms with Crippen LogP contribution in [-0.2, 0) is 0 Å². The molecule has 0 aromatic carbocycles. The molecule has 0 bridgehead atoms. The third-order valence-electron chi connectivity index (χ3n) is 5.22. The van der Waals surface area contributed by atoms with Gasteiger partial charge in [0, 0.05) is 18.6 Å². The fourth-order valence-corrected chi connectivity index (χ4v) is 3.77. The molecule has 3 atom stereocenters. The summed E-state index contributed by atoms with van der Waals surface area (Å²) in [5.41, 5.74) is 0. The summed E-state index contributed by atoms with van der Waals surface area (Å²) >= 11 is 0. The lowest BCUT2D eigenvalue weighted by atomic mass is 9.78. The fourth-order valence-electron chi connectivity index (χ4n) is 3.77. The molecule has 2 N–H and O–H groups in total. The number of nitrogens with one attached hydrogen (secondary N) is 2. The van der Waals surface area contributed by atoms with Crippen molar-refractivity contribution in [2.45, 2.75) is 77.3 Å². The van der Waals surface area contributed by atoms with Crippen molar-refractivity contribution in [1.82, 2.24) is 10.6 Å². The first-order chi connectivity index (χ1) is 8.83. The Morgan fingerprint density at radius 1 is 1.06 bits per heavy atom. The van der Waals surface area contributed by atoms with E-state index in [2.05, 4.69) is 24.5 Å². The van der Waals surface area contributed by atoms with E-state index in [1.807, 2.05) is 0 Å². The van der Waals surface area contributed by atoms with E-state index in [0.717, 1.165) is 23.9 Å². The van der Waals surface area contributed by atoms with Gasteiger partial charge in [0.05, 0.1) is 0 Å². The zero-order chi connectivity index (χ0) is 12.8. The van der Waals surface area contributed by atoms with Crippen LogP contribution in [0.1, 0.15) is 65.2 Å². The summed E-state index contributed by atoms with van der Waals surface area (Å²) in [6.07, 6.45) is 11.3. The molecule has 2 aliphatic rings. The first-order valence-corrected chi connectivity index (χ1v) is 8.30. The summed E-state index contributed by atoms with van der Waals surface area (Å²) in [6, 6.07) is 1.58. The molecule has 2 nitrogen and oxygen atoms in total. The first-order valence-electron chi connectivity index (χ1n) is 8.30. The monoisotopic (exact) mass is 252 g/mol. The van der Waals surface area contributed by atoms with Crippen LogP contribution in [0.5, 0.6) is 0 Å². The summed E-state index contributed by atoms with van der Waals surface area (Å²) < 4.78 is 0. The largest absolute Gasteiger partial charge is 0.315 e. The number of piperidine rings is 1. The van der Waals surface area contributed by atoms with Crippen molar-refractivity contribution in [2.24, 2.45) is 11.8 Å². The van der Waals surface area contributed by atoms with Gasteiger partial charge in [-0.2, -0.15) is 0 Å². The van der Waals surface area contributed by atoms with Crippen LogP contribution < -0.4 is 10.6 Å². The van der Waals surface area contributed by atoms with Gasteiger partial charge in [-0.15, -0.1) is 0 Å². The molecule has 0 radical (unpaired) electrons. The molecule has 1 saturated heterocycles. The van der Waals surface area contributed by atoms with Crippen molar-refractivity contribution in [3.05, 3.63) is 0 Å². The number of rotatable bonds is 6. The molecule has 2 rings (SSSR count). The lowest BCUT2D eigenvalue weighted by Crippen LogP contribution is -2.52. The minimum absolute atomic E-state index is 0.735. The standard InChI is InChI=1S/C16H32N2/c1-3-13(4-2)11-17-12-15-10-9-14-7-5-6-8-16(14)18-15/h13-18H,3-12H2,1-2H3. The van der Waals surface area contributed by atoms with Gasteiger partial charge >= 0.3 is 0 Å². The quantitative estimate of drug-likeness (QED) is 0.758. The molecule has 3 unspecified atom stereocenters. The molecule has 1 aliphatic carbocycles. The second-order valence-corrected chi connectivity index (χ2v) is 6.43. The van der Waals surface area contributed by atoms with Crippen LogP contribution in [0.3, 0.4) is 0 Å². The Morgan fingerprint density at radius 2 is 1.83 bits per heavy atom. The summed E-state index contributed by atoms with van der Waals surface area (Å²) in [5, 5.41) is 7.59. The summed E-state index contributed by atoms with van der Waals surface area (Å²) in [4.78, 5) is 0. The first kappa shape index (κ1) is 14.3. The van der Waals surface area contributed by atoms with Gasteiger partial charge in [0.2, 0.25) is 0 Å². The van der Waals surface area contributed by atoms with Crippen LogP contribution >= 0.6 is 0 Å². The Labute approximate surface area is 113 Å². The van der Waals surface area contributed by atoms with Gasteiger partial charge in [0.25, 0.3) is 0 Å². The van der Waals surface area contributed by atoms with Gasteiger partial charge in [-0.1, -0.05) is 39.5 Å². The molecular formula is C16H32N2. The maximum Gasteiger partial charge on any atom is 0.0195 e. The van der Waals surface area contributed by atoms with E-state index in [0.29, 0.717) is 0 Å². The van der Waals surface area contributed by atoms with Crippen LogP contribution in [0.4, 0.5) is 0 Å². The smallest absolute Gasteiger partial charge is 0.0195 e. The fraction of sp³-hybridized carbons (Fsp3) is 1.00. The van der Waals surface area contributed by atoms with Gasteiger partial charge in [0.1, 0.15) is 0 Å². The molecule has 0 aromatic heterocycles.